The number of carboxylic acid groups (broad SMARTS) is 4. The molecule has 0 radical (unpaired) electrons. The summed E-state index contributed by atoms with van der Waals surface area (Å²) in [5.41, 5.74) is 3.15. The Kier molecular flexibility index (Phi) is 38.8. The maximum atomic E-state index is 13.8. The minimum atomic E-state index is -1.31. The van der Waals surface area contributed by atoms with Crippen LogP contribution in [0.2, 0.25) is 0 Å². The van der Waals surface area contributed by atoms with E-state index in [4.69, 9.17) is 18.9 Å². The van der Waals surface area contributed by atoms with Gasteiger partial charge < -0.3 is 76.2 Å². The lowest BCUT2D eigenvalue weighted by Crippen LogP contribution is -2.51. The van der Waals surface area contributed by atoms with Crippen LogP contribution in [0.25, 0.3) is 10.9 Å². The van der Waals surface area contributed by atoms with E-state index < -0.39 is 65.6 Å². The van der Waals surface area contributed by atoms with E-state index in [9.17, 15) is 78.4 Å². The van der Waals surface area contributed by atoms with Gasteiger partial charge in [0.15, 0.2) is 6.61 Å². The number of aromatic nitrogens is 1. The number of nitrogens with zero attached hydrogens (tertiary/aromatic N) is 7. The van der Waals surface area contributed by atoms with E-state index in [-0.39, 0.29) is 181 Å². The molecule has 3 atom stereocenters. The Bertz CT molecular complexity index is 3200. The van der Waals surface area contributed by atoms with Crippen LogP contribution in [-0.2, 0) is 75.0 Å². The summed E-state index contributed by atoms with van der Waals surface area (Å²) in [5.74, 6) is -6.60. The fourth-order valence-electron chi connectivity index (χ4n) is 11.5. The van der Waals surface area contributed by atoms with Gasteiger partial charge in [0.25, 0.3) is 11.8 Å². The van der Waals surface area contributed by atoms with Crippen molar-refractivity contribution in [1.82, 2.24) is 61.4 Å². The summed E-state index contributed by atoms with van der Waals surface area (Å²) in [7, 11) is 0. The van der Waals surface area contributed by atoms with Gasteiger partial charge in [0.05, 0.1) is 89.5 Å². The zero-order valence-corrected chi connectivity index (χ0v) is 58.7. The van der Waals surface area contributed by atoms with Crippen molar-refractivity contribution in [2.75, 3.05) is 158 Å². The molecule has 2 aliphatic heterocycles. The highest BCUT2D eigenvalue weighted by molar-refractivity contribution is 6.07. The number of hydrogen-bond donors (Lipinski definition) is 10. The van der Waals surface area contributed by atoms with Crippen molar-refractivity contribution in [2.24, 2.45) is 5.92 Å². The molecule has 0 unspecified atom stereocenters. The number of likely N-dealkylation sites (tertiary alicyclic amines) is 1. The molecule has 2 fully saturated rings. The van der Waals surface area contributed by atoms with Gasteiger partial charge >= 0.3 is 23.9 Å². The fraction of sp³-hybridized carbons (Fsp3) is 0.614. The standard InChI is InChI=1S/C70H103N13O19/c1-50(2)41-52-16-14-51(15-17-52)9-7-13-60(84)73-22-6-4-12-58(70(97)98)78-69(96)57(11-3-5-23-74-62(86)45-79-27-29-80(46-65(89)90)31-33-82(48-67(93)94)34-32-81(30-28-79)47-66(91)92)77-61(85)21-35-99-37-39-101-40-38-100-36-25-75-63(87)49-102-54-18-19-55-56(20-24-72-59(55)42-54)68(95)76-44-64(88)83-26-8-10-53(83)43-71/h14-20,24,42,50,53,57-58H,3-13,21-23,25-41,44-49H2,1-2H3,(H,73,84)(H,74,86)(H,75,87)(H,76,95)(H,77,85)(H,78,96)(H,89,90)(H,91,92)(H,93,94)(H,97,98)/t53-,57-,58-/m0/s1. The number of ether oxygens (including phenoxy) is 4. The van der Waals surface area contributed by atoms with Crippen LogP contribution in [0, 0.1) is 17.2 Å². The molecule has 3 aromatic rings. The molecule has 32 heteroatoms. The van der Waals surface area contributed by atoms with E-state index in [1.165, 1.54) is 22.7 Å². The van der Waals surface area contributed by atoms with Crippen LogP contribution in [0.3, 0.4) is 0 Å². The Morgan fingerprint density at radius 1 is 0.569 bits per heavy atom. The Morgan fingerprint density at radius 3 is 1.70 bits per heavy atom. The summed E-state index contributed by atoms with van der Waals surface area (Å²) < 4.78 is 22.4. The van der Waals surface area contributed by atoms with Gasteiger partial charge in [-0.3, -0.25) is 72.5 Å². The number of hydrogen-bond acceptors (Lipinski definition) is 21. The Hall–Kier alpha value is -8.97. The van der Waals surface area contributed by atoms with Crippen molar-refractivity contribution >= 4 is 76.1 Å². The number of nitriles is 1. The minimum absolute atomic E-state index is 0.0408. The lowest BCUT2D eigenvalue weighted by atomic mass is 10.00. The number of aliphatic carboxylic acids is 4. The number of fused-ring (bicyclic) bond motifs is 1. The number of benzene rings is 2. The third-order valence-electron chi connectivity index (χ3n) is 16.9. The molecule has 1 aromatic heterocycles. The summed E-state index contributed by atoms with van der Waals surface area (Å²) in [4.78, 5) is 151. The highest BCUT2D eigenvalue weighted by Crippen LogP contribution is 2.23. The zero-order chi connectivity index (χ0) is 74.0. The number of aryl methyl sites for hydroxylation is 1. The zero-order valence-electron chi connectivity index (χ0n) is 58.7. The number of rotatable bonds is 46. The highest BCUT2D eigenvalue weighted by Gasteiger charge is 2.30. The minimum Gasteiger partial charge on any atom is -0.484 e. The third-order valence-corrected chi connectivity index (χ3v) is 16.9. The van der Waals surface area contributed by atoms with E-state index >= 15 is 0 Å². The number of pyridine rings is 1. The molecule has 10 N–H and O–H groups in total. The first-order valence-corrected chi connectivity index (χ1v) is 35.0. The number of carboxylic acids is 4. The van der Waals surface area contributed by atoms with Crippen LogP contribution < -0.4 is 36.6 Å². The maximum Gasteiger partial charge on any atom is 0.326 e. The van der Waals surface area contributed by atoms with E-state index in [0.29, 0.717) is 86.2 Å². The number of amides is 7. The highest BCUT2D eigenvalue weighted by atomic mass is 16.5. The second-order valence-electron chi connectivity index (χ2n) is 25.6. The predicted octanol–water partition coefficient (Wildman–Crippen LogP) is 0.738. The molecule has 2 aromatic carbocycles. The van der Waals surface area contributed by atoms with E-state index in [1.54, 1.807) is 37.8 Å². The van der Waals surface area contributed by atoms with Gasteiger partial charge in [-0.15, -0.1) is 0 Å². The smallest absolute Gasteiger partial charge is 0.326 e. The molecule has 7 amide bonds. The van der Waals surface area contributed by atoms with Gasteiger partial charge in [0, 0.05) is 109 Å². The normalized spacial score (nSPS) is 15.6. The van der Waals surface area contributed by atoms with Gasteiger partial charge in [0.1, 0.15) is 23.9 Å². The third kappa shape index (κ3) is 34.1. The molecule has 0 bridgehead atoms. The molecule has 3 heterocycles. The summed E-state index contributed by atoms with van der Waals surface area (Å²) in [6.45, 7) is 6.46. The van der Waals surface area contributed by atoms with Gasteiger partial charge in [-0.25, -0.2) is 4.79 Å². The van der Waals surface area contributed by atoms with Crippen LogP contribution in [-0.4, -0.2) is 291 Å². The summed E-state index contributed by atoms with van der Waals surface area (Å²) in [5, 5.41) is 65.0. The quantitative estimate of drug-likeness (QED) is 0.0349. The fourth-order valence-corrected chi connectivity index (χ4v) is 11.5. The van der Waals surface area contributed by atoms with E-state index in [2.05, 4.69) is 81.1 Å². The second kappa shape index (κ2) is 47.3. The van der Waals surface area contributed by atoms with Crippen molar-refractivity contribution in [3.63, 3.8) is 0 Å². The lowest BCUT2D eigenvalue weighted by Gasteiger charge is -2.32. The molecule has 102 heavy (non-hydrogen) atoms. The molecule has 0 aliphatic carbocycles. The lowest BCUT2D eigenvalue weighted by molar-refractivity contribution is -0.142. The van der Waals surface area contributed by atoms with Crippen LogP contribution in [0.1, 0.15) is 106 Å². The average molecular weight is 1430 g/mol. The topological polar surface area (TPSA) is 431 Å². The first kappa shape index (κ1) is 83.7. The van der Waals surface area contributed by atoms with Gasteiger partial charge in [-0.2, -0.15) is 5.26 Å². The monoisotopic (exact) mass is 1430 g/mol. The van der Waals surface area contributed by atoms with Crippen LogP contribution >= 0.6 is 0 Å². The molecule has 562 valence electrons. The number of carbonyl (C=O) groups is 11. The number of carbonyl (C=O) groups excluding carboxylic acids is 7. The first-order valence-electron chi connectivity index (χ1n) is 35.0. The summed E-state index contributed by atoms with van der Waals surface area (Å²) >= 11 is 0. The largest absolute Gasteiger partial charge is 0.484 e. The van der Waals surface area contributed by atoms with E-state index in [1.807, 2.05) is 0 Å². The molecule has 2 saturated heterocycles. The van der Waals surface area contributed by atoms with E-state index in [0.717, 1.165) is 24.8 Å². The van der Waals surface area contributed by atoms with Crippen molar-refractivity contribution in [3.8, 4) is 11.8 Å². The maximum absolute atomic E-state index is 13.8. The molecular weight excluding hydrogens is 1330 g/mol. The summed E-state index contributed by atoms with van der Waals surface area (Å²) in [6, 6.07) is 13.9. The van der Waals surface area contributed by atoms with Crippen molar-refractivity contribution in [1.29, 1.82) is 5.26 Å². The average Bonchev–Trinajstić information content (AvgIpc) is 0.983. The first-order chi connectivity index (χ1) is 49.0. The Balaban J connectivity index is 1.02. The number of nitrogens with one attached hydrogen (secondary N) is 6. The van der Waals surface area contributed by atoms with Gasteiger partial charge in [0.2, 0.25) is 29.5 Å². The van der Waals surface area contributed by atoms with Crippen molar-refractivity contribution in [2.45, 2.75) is 115 Å². The summed E-state index contributed by atoms with van der Waals surface area (Å²) in [6.07, 6.45) is 6.96. The van der Waals surface area contributed by atoms with Crippen LogP contribution in [0.4, 0.5) is 0 Å². The molecule has 5 rings (SSSR count). The molecule has 0 saturated carbocycles. The molecule has 32 nitrogen and oxygen atoms in total. The van der Waals surface area contributed by atoms with Crippen molar-refractivity contribution < 1.29 is 92.1 Å². The molecule has 2 aliphatic rings. The second-order valence-corrected chi connectivity index (χ2v) is 25.6. The van der Waals surface area contributed by atoms with Crippen LogP contribution in [0.15, 0.2) is 54.7 Å². The Labute approximate surface area is 594 Å². The van der Waals surface area contributed by atoms with Crippen molar-refractivity contribution in [3.05, 3.63) is 71.4 Å². The Morgan fingerprint density at radius 2 is 1.12 bits per heavy atom. The predicted molar refractivity (Wildman–Crippen MR) is 372 cm³/mol. The van der Waals surface area contributed by atoms with Gasteiger partial charge in [-0.1, -0.05) is 38.1 Å². The molecule has 0 spiro atoms. The van der Waals surface area contributed by atoms with Crippen LogP contribution in [0.5, 0.6) is 5.75 Å². The number of unbranched alkanes of at least 4 members (excludes halogenated alkanes) is 2. The SMILES string of the molecule is CC(C)Cc1ccc(CCCC(=O)NCCCC[C@H](NC(=O)[C@H](CCCCNC(=O)CN2CCN(CC(=O)O)CCN(CC(=O)O)CCN(CC(=O)O)CC2)NC(=O)CCOCCOCCOCCNC(=O)COc2ccc3c(C(=O)NCC(=O)N4CCC[C@H]4C#N)ccnc3c2)C(=O)O)cc1. The van der Waals surface area contributed by atoms with Gasteiger partial charge in [-0.05, 0) is 106 Å². The molecular formula is C70H103N13O19.